The van der Waals surface area contributed by atoms with E-state index < -0.39 is 0 Å². The SMILES string of the molecule is CCCC1(CCC)CN(c2cc(N)ccc2Cl)C1. The van der Waals surface area contributed by atoms with Crippen LogP contribution in [0.15, 0.2) is 18.2 Å². The molecule has 2 rings (SSSR count). The molecule has 1 saturated heterocycles. The minimum absolute atomic E-state index is 0.511. The molecule has 1 fully saturated rings. The van der Waals surface area contributed by atoms with E-state index in [1.165, 1.54) is 25.7 Å². The fourth-order valence-electron chi connectivity index (χ4n) is 3.21. The Bertz CT molecular complexity index is 403. The largest absolute Gasteiger partial charge is 0.399 e. The average molecular weight is 267 g/mol. The van der Waals surface area contributed by atoms with Crippen molar-refractivity contribution in [2.45, 2.75) is 39.5 Å². The predicted molar refractivity (Wildman–Crippen MR) is 80.3 cm³/mol. The van der Waals surface area contributed by atoms with Gasteiger partial charge in [0.15, 0.2) is 0 Å². The molecule has 100 valence electrons. The van der Waals surface area contributed by atoms with E-state index in [0.717, 1.165) is 29.5 Å². The number of rotatable bonds is 5. The normalized spacial score (nSPS) is 17.6. The molecule has 0 atom stereocenters. The maximum atomic E-state index is 6.25. The monoisotopic (exact) mass is 266 g/mol. The molecule has 0 radical (unpaired) electrons. The van der Waals surface area contributed by atoms with Crippen LogP contribution in [-0.4, -0.2) is 13.1 Å². The Morgan fingerprint density at radius 1 is 1.22 bits per heavy atom. The van der Waals surface area contributed by atoms with Gasteiger partial charge in [-0.05, 0) is 31.0 Å². The maximum Gasteiger partial charge on any atom is 0.0641 e. The Labute approximate surface area is 115 Å². The van der Waals surface area contributed by atoms with Crippen LogP contribution >= 0.6 is 11.6 Å². The minimum Gasteiger partial charge on any atom is -0.399 e. The van der Waals surface area contributed by atoms with Gasteiger partial charge in [0.25, 0.3) is 0 Å². The number of anilines is 2. The highest BCUT2D eigenvalue weighted by Crippen LogP contribution is 2.44. The van der Waals surface area contributed by atoms with Gasteiger partial charge in [-0.2, -0.15) is 0 Å². The molecule has 2 nitrogen and oxygen atoms in total. The first kappa shape index (κ1) is 13.5. The summed E-state index contributed by atoms with van der Waals surface area (Å²) in [4.78, 5) is 2.37. The Morgan fingerprint density at radius 3 is 2.39 bits per heavy atom. The Kier molecular flexibility index (Phi) is 4.06. The van der Waals surface area contributed by atoms with Gasteiger partial charge in [-0.1, -0.05) is 38.3 Å². The first-order valence-electron chi connectivity index (χ1n) is 6.90. The zero-order valence-electron chi connectivity index (χ0n) is 11.4. The van der Waals surface area contributed by atoms with E-state index in [-0.39, 0.29) is 0 Å². The fraction of sp³-hybridized carbons (Fsp3) is 0.600. The van der Waals surface area contributed by atoms with Crippen LogP contribution in [0.3, 0.4) is 0 Å². The maximum absolute atomic E-state index is 6.25. The third kappa shape index (κ3) is 2.59. The van der Waals surface area contributed by atoms with Gasteiger partial charge < -0.3 is 10.6 Å². The van der Waals surface area contributed by atoms with Gasteiger partial charge in [-0.25, -0.2) is 0 Å². The van der Waals surface area contributed by atoms with Crippen molar-refractivity contribution in [1.29, 1.82) is 0 Å². The van der Waals surface area contributed by atoms with Gasteiger partial charge in [0.2, 0.25) is 0 Å². The number of halogens is 1. The van der Waals surface area contributed by atoms with E-state index in [9.17, 15) is 0 Å². The van der Waals surface area contributed by atoms with E-state index in [1.54, 1.807) is 0 Å². The summed E-state index contributed by atoms with van der Waals surface area (Å²) in [7, 11) is 0. The van der Waals surface area contributed by atoms with Gasteiger partial charge >= 0.3 is 0 Å². The molecule has 0 bridgehead atoms. The second-order valence-corrected chi connectivity index (χ2v) is 5.97. The summed E-state index contributed by atoms with van der Waals surface area (Å²) < 4.78 is 0. The lowest BCUT2D eigenvalue weighted by molar-refractivity contribution is 0.173. The van der Waals surface area contributed by atoms with Gasteiger partial charge in [0.1, 0.15) is 0 Å². The summed E-state index contributed by atoms with van der Waals surface area (Å²) in [6.45, 7) is 6.79. The third-order valence-corrected chi connectivity index (χ3v) is 4.24. The number of nitrogens with two attached hydrogens (primary N) is 1. The summed E-state index contributed by atoms with van der Waals surface area (Å²) in [6.07, 6.45) is 5.16. The number of nitrogens with zero attached hydrogens (tertiary/aromatic N) is 1. The quantitative estimate of drug-likeness (QED) is 0.804. The van der Waals surface area contributed by atoms with E-state index in [0.29, 0.717) is 5.41 Å². The molecule has 1 aromatic rings. The second kappa shape index (κ2) is 5.40. The van der Waals surface area contributed by atoms with E-state index in [1.807, 2.05) is 18.2 Å². The van der Waals surface area contributed by atoms with Crippen molar-refractivity contribution >= 4 is 23.0 Å². The Hall–Kier alpha value is -0.890. The smallest absolute Gasteiger partial charge is 0.0641 e. The molecule has 0 aliphatic carbocycles. The van der Waals surface area contributed by atoms with Crippen LogP contribution < -0.4 is 10.6 Å². The highest BCUT2D eigenvalue weighted by Gasteiger charge is 2.41. The zero-order valence-corrected chi connectivity index (χ0v) is 12.1. The summed E-state index contributed by atoms with van der Waals surface area (Å²) in [6, 6.07) is 5.74. The average Bonchev–Trinajstić information content (AvgIpc) is 2.29. The molecule has 2 N–H and O–H groups in total. The van der Waals surface area contributed by atoms with Crippen molar-refractivity contribution < 1.29 is 0 Å². The van der Waals surface area contributed by atoms with Crippen LogP contribution in [0.25, 0.3) is 0 Å². The highest BCUT2D eigenvalue weighted by atomic mass is 35.5. The van der Waals surface area contributed by atoms with Gasteiger partial charge in [-0.15, -0.1) is 0 Å². The molecule has 0 amide bonds. The van der Waals surface area contributed by atoms with Crippen LogP contribution in [0.1, 0.15) is 39.5 Å². The van der Waals surface area contributed by atoms with Gasteiger partial charge in [0.05, 0.1) is 10.7 Å². The van der Waals surface area contributed by atoms with Crippen molar-refractivity contribution in [2.75, 3.05) is 23.7 Å². The van der Waals surface area contributed by atoms with Gasteiger partial charge in [-0.3, -0.25) is 0 Å². The molecule has 3 heteroatoms. The summed E-state index contributed by atoms with van der Waals surface area (Å²) in [5.74, 6) is 0. The van der Waals surface area contributed by atoms with Crippen molar-refractivity contribution in [3.8, 4) is 0 Å². The first-order chi connectivity index (χ1) is 8.60. The molecule has 1 aromatic carbocycles. The molecule has 0 unspecified atom stereocenters. The van der Waals surface area contributed by atoms with Crippen LogP contribution in [0.5, 0.6) is 0 Å². The molecule has 0 aromatic heterocycles. The molecule has 0 spiro atoms. The van der Waals surface area contributed by atoms with Gasteiger partial charge in [0, 0.05) is 24.2 Å². The predicted octanol–water partition coefficient (Wildman–Crippen LogP) is 4.33. The third-order valence-electron chi connectivity index (χ3n) is 3.92. The van der Waals surface area contributed by atoms with Crippen LogP contribution in [-0.2, 0) is 0 Å². The summed E-state index contributed by atoms with van der Waals surface area (Å²) in [5, 5.41) is 0.811. The van der Waals surface area contributed by atoms with E-state index in [2.05, 4.69) is 18.7 Å². The summed E-state index contributed by atoms with van der Waals surface area (Å²) >= 11 is 6.25. The van der Waals surface area contributed by atoms with Crippen LogP contribution in [0.2, 0.25) is 5.02 Å². The molecule has 1 aliphatic rings. The molecular formula is C15H23ClN2. The van der Waals surface area contributed by atoms with Crippen molar-refractivity contribution in [3.05, 3.63) is 23.2 Å². The lowest BCUT2D eigenvalue weighted by Crippen LogP contribution is -2.56. The second-order valence-electron chi connectivity index (χ2n) is 5.57. The number of benzene rings is 1. The van der Waals surface area contributed by atoms with Crippen molar-refractivity contribution in [2.24, 2.45) is 5.41 Å². The van der Waals surface area contributed by atoms with E-state index >= 15 is 0 Å². The number of hydrogen-bond donors (Lipinski definition) is 1. The molecule has 18 heavy (non-hydrogen) atoms. The summed E-state index contributed by atoms with van der Waals surface area (Å²) in [5.41, 5.74) is 8.24. The lowest BCUT2D eigenvalue weighted by Gasteiger charge is -2.52. The van der Waals surface area contributed by atoms with E-state index in [4.69, 9.17) is 17.3 Å². The first-order valence-corrected chi connectivity index (χ1v) is 7.28. The Balaban J connectivity index is 2.08. The standard InChI is InChI=1S/C15H23ClN2/c1-3-7-15(8-4-2)10-18(11-15)14-9-12(17)5-6-13(14)16/h5-6,9H,3-4,7-8,10-11,17H2,1-2H3. The zero-order chi connectivity index (χ0) is 13.2. The number of nitrogen functional groups attached to an aromatic ring is 1. The molecular weight excluding hydrogens is 244 g/mol. The minimum atomic E-state index is 0.511. The van der Waals surface area contributed by atoms with Crippen molar-refractivity contribution in [1.82, 2.24) is 0 Å². The fourth-order valence-corrected chi connectivity index (χ4v) is 3.44. The highest BCUT2D eigenvalue weighted by molar-refractivity contribution is 6.33. The molecule has 1 heterocycles. The number of hydrogen-bond acceptors (Lipinski definition) is 2. The lowest BCUT2D eigenvalue weighted by atomic mass is 9.72. The topological polar surface area (TPSA) is 29.3 Å². The molecule has 0 saturated carbocycles. The van der Waals surface area contributed by atoms with Crippen LogP contribution in [0, 0.1) is 5.41 Å². The Morgan fingerprint density at radius 2 is 1.83 bits per heavy atom. The van der Waals surface area contributed by atoms with Crippen LogP contribution in [0.4, 0.5) is 11.4 Å². The molecule has 1 aliphatic heterocycles. The van der Waals surface area contributed by atoms with Crippen molar-refractivity contribution in [3.63, 3.8) is 0 Å².